The average Bonchev–Trinajstić information content (AvgIpc) is 2.53. The van der Waals surface area contributed by atoms with Crippen LogP contribution in [0.4, 0.5) is 0 Å². The van der Waals surface area contributed by atoms with E-state index in [1.54, 1.807) is 6.07 Å². The molecular weight excluding hydrogens is 324 g/mol. The Morgan fingerprint density at radius 2 is 1.76 bits per heavy atom. The number of phenols is 2. The van der Waals surface area contributed by atoms with E-state index >= 15 is 0 Å². The molecule has 0 spiro atoms. The fourth-order valence-corrected chi connectivity index (χ4v) is 2.37. The quantitative estimate of drug-likeness (QED) is 0.667. The van der Waals surface area contributed by atoms with Crippen LogP contribution in [0.15, 0.2) is 36.4 Å². The summed E-state index contributed by atoms with van der Waals surface area (Å²) in [5, 5.41) is 28.7. The molecule has 0 aliphatic carbocycles. The summed E-state index contributed by atoms with van der Waals surface area (Å²) in [4.78, 5) is 23.3. The highest BCUT2D eigenvalue weighted by Crippen LogP contribution is 2.28. The van der Waals surface area contributed by atoms with Crippen molar-refractivity contribution < 1.29 is 29.6 Å². The van der Waals surface area contributed by atoms with Gasteiger partial charge in [-0.3, -0.25) is 9.59 Å². The summed E-state index contributed by atoms with van der Waals surface area (Å²) in [7, 11) is 0. The maximum Gasteiger partial charge on any atom is 0.303 e. The standard InChI is InChI=1S/C19H20O6/c1-11(2)25-14-5-6-15(17(21)10-14)19(24)13-3-7-16(20)12(9-13)4-8-18(22)23/h3,5-7,9-11,20-21H,4,8H2,1-2H3,(H,22,23). The minimum absolute atomic E-state index is 0.0603. The lowest BCUT2D eigenvalue weighted by Crippen LogP contribution is -2.07. The van der Waals surface area contributed by atoms with Crippen molar-refractivity contribution in [1.82, 2.24) is 0 Å². The topological polar surface area (TPSA) is 104 Å². The predicted octanol–water partition coefficient (Wildman–Crippen LogP) is 3.13. The fraction of sp³-hybridized carbons (Fsp3) is 0.263. The average molecular weight is 344 g/mol. The van der Waals surface area contributed by atoms with E-state index in [-0.39, 0.29) is 41.6 Å². The Hall–Kier alpha value is -3.02. The molecule has 2 rings (SSSR count). The lowest BCUT2D eigenvalue weighted by Gasteiger charge is -2.12. The molecule has 0 aliphatic rings. The molecule has 0 radical (unpaired) electrons. The second-order valence-electron chi connectivity index (χ2n) is 5.91. The number of carboxylic acid groups (broad SMARTS) is 1. The molecule has 0 bridgehead atoms. The lowest BCUT2D eigenvalue weighted by atomic mass is 9.98. The minimum atomic E-state index is -0.991. The number of aryl methyl sites for hydroxylation is 1. The molecule has 0 atom stereocenters. The Bertz CT molecular complexity index is 794. The molecule has 25 heavy (non-hydrogen) atoms. The van der Waals surface area contributed by atoms with Crippen LogP contribution in [0.5, 0.6) is 17.2 Å². The number of phenolic OH excluding ortho intramolecular Hbond substituents is 2. The number of carboxylic acids is 1. The first-order chi connectivity index (χ1) is 11.8. The number of aliphatic carboxylic acids is 1. The Morgan fingerprint density at radius 3 is 2.36 bits per heavy atom. The van der Waals surface area contributed by atoms with E-state index in [0.29, 0.717) is 11.3 Å². The first-order valence-corrected chi connectivity index (χ1v) is 7.86. The van der Waals surface area contributed by atoms with Crippen LogP contribution in [0, 0.1) is 0 Å². The number of hydrogen-bond donors (Lipinski definition) is 3. The summed E-state index contributed by atoms with van der Waals surface area (Å²) < 4.78 is 5.46. The van der Waals surface area contributed by atoms with Crippen LogP contribution in [0.1, 0.15) is 41.8 Å². The van der Waals surface area contributed by atoms with Gasteiger partial charge in [0.05, 0.1) is 11.7 Å². The molecule has 0 saturated carbocycles. The number of hydrogen-bond acceptors (Lipinski definition) is 5. The maximum atomic E-state index is 12.6. The zero-order chi connectivity index (χ0) is 18.6. The normalized spacial score (nSPS) is 10.7. The van der Waals surface area contributed by atoms with Crippen LogP contribution >= 0.6 is 0 Å². The molecule has 132 valence electrons. The molecule has 0 fully saturated rings. The number of aromatic hydroxyl groups is 2. The summed E-state index contributed by atoms with van der Waals surface area (Å²) in [5.41, 5.74) is 0.726. The van der Waals surface area contributed by atoms with Gasteiger partial charge in [0.15, 0.2) is 5.78 Å². The van der Waals surface area contributed by atoms with Gasteiger partial charge in [-0.1, -0.05) is 0 Å². The minimum Gasteiger partial charge on any atom is -0.508 e. The van der Waals surface area contributed by atoms with E-state index in [2.05, 4.69) is 0 Å². The first-order valence-electron chi connectivity index (χ1n) is 7.86. The van der Waals surface area contributed by atoms with Gasteiger partial charge in [-0.05, 0) is 56.2 Å². The van der Waals surface area contributed by atoms with E-state index in [1.807, 2.05) is 13.8 Å². The fourth-order valence-electron chi connectivity index (χ4n) is 2.37. The summed E-state index contributed by atoms with van der Waals surface area (Å²) in [6, 6.07) is 8.66. The van der Waals surface area contributed by atoms with Crippen LogP contribution in [-0.4, -0.2) is 33.2 Å². The third kappa shape index (κ3) is 4.73. The molecule has 0 unspecified atom stereocenters. The van der Waals surface area contributed by atoms with Crippen LogP contribution in [0.25, 0.3) is 0 Å². The Kier molecular flexibility index (Phi) is 5.64. The zero-order valence-corrected chi connectivity index (χ0v) is 14.0. The second kappa shape index (κ2) is 7.70. The molecule has 2 aromatic rings. The van der Waals surface area contributed by atoms with Crippen molar-refractivity contribution >= 4 is 11.8 Å². The molecule has 6 heteroatoms. The predicted molar refractivity (Wildman–Crippen MR) is 91.4 cm³/mol. The zero-order valence-electron chi connectivity index (χ0n) is 14.0. The van der Waals surface area contributed by atoms with Crippen molar-refractivity contribution in [2.75, 3.05) is 0 Å². The third-order valence-electron chi connectivity index (χ3n) is 3.54. The lowest BCUT2D eigenvalue weighted by molar-refractivity contribution is -0.136. The monoisotopic (exact) mass is 344 g/mol. The first kappa shape index (κ1) is 18.3. The van der Waals surface area contributed by atoms with Crippen molar-refractivity contribution in [3.8, 4) is 17.2 Å². The van der Waals surface area contributed by atoms with Gasteiger partial charge in [0.25, 0.3) is 0 Å². The third-order valence-corrected chi connectivity index (χ3v) is 3.54. The van der Waals surface area contributed by atoms with Crippen LogP contribution < -0.4 is 4.74 Å². The Morgan fingerprint density at radius 1 is 1.04 bits per heavy atom. The summed E-state index contributed by atoms with van der Waals surface area (Å²) in [6.45, 7) is 3.70. The van der Waals surface area contributed by atoms with Crippen molar-refractivity contribution in [2.45, 2.75) is 32.8 Å². The van der Waals surface area contributed by atoms with Gasteiger partial charge in [0, 0.05) is 18.1 Å². The number of benzene rings is 2. The van der Waals surface area contributed by atoms with Crippen molar-refractivity contribution in [2.24, 2.45) is 0 Å². The van der Waals surface area contributed by atoms with Gasteiger partial charge in [-0.2, -0.15) is 0 Å². The van der Waals surface area contributed by atoms with E-state index < -0.39 is 11.8 Å². The number of rotatable bonds is 7. The molecular formula is C19H20O6. The van der Waals surface area contributed by atoms with E-state index in [9.17, 15) is 19.8 Å². The summed E-state index contributed by atoms with van der Waals surface area (Å²) in [5.74, 6) is -1.23. The van der Waals surface area contributed by atoms with Crippen molar-refractivity contribution in [3.05, 3.63) is 53.1 Å². The van der Waals surface area contributed by atoms with E-state index in [0.717, 1.165) is 0 Å². The summed E-state index contributed by atoms with van der Waals surface area (Å²) in [6.07, 6.45) is -0.109. The van der Waals surface area contributed by atoms with Crippen LogP contribution in [0.3, 0.4) is 0 Å². The van der Waals surface area contributed by atoms with Gasteiger partial charge >= 0.3 is 5.97 Å². The van der Waals surface area contributed by atoms with Gasteiger partial charge in [0.2, 0.25) is 0 Å². The van der Waals surface area contributed by atoms with Crippen molar-refractivity contribution in [3.63, 3.8) is 0 Å². The Labute approximate surface area is 145 Å². The molecule has 0 aliphatic heterocycles. The Balaban J connectivity index is 2.28. The molecule has 0 heterocycles. The smallest absolute Gasteiger partial charge is 0.303 e. The van der Waals surface area contributed by atoms with Gasteiger partial charge < -0.3 is 20.1 Å². The highest BCUT2D eigenvalue weighted by molar-refractivity contribution is 6.10. The van der Waals surface area contributed by atoms with Gasteiger partial charge in [-0.25, -0.2) is 0 Å². The second-order valence-corrected chi connectivity index (χ2v) is 5.91. The number of ketones is 1. The number of carbonyl (C=O) groups excluding carboxylic acids is 1. The molecule has 0 aromatic heterocycles. The van der Waals surface area contributed by atoms with Crippen LogP contribution in [0.2, 0.25) is 0 Å². The highest BCUT2D eigenvalue weighted by atomic mass is 16.5. The van der Waals surface area contributed by atoms with E-state index in [1.165, 1.54) is 30.3 Å². The van der Waals surface area contributed by atoms with Crippen LogP contribution in [-0.2, 0) is 11.2 Å². The number of carbonyl (C=O) groups is 2. The van der Waals surface area contributed by atoms with Crippen molar-refractivity contribution in [1.29, 1.82) is 0 Å². The van der Waals surface area contributed by atoms with Gasteiger partial charge in [0.1, 0.15) is 17.2 Å². The van der Waals surface area contributed by atoms with Gasteiger partial charge in [-0.15, -0.1) is 0 Å². The molecule has 0 saturated heterocycles. The molecule has 3 N–H and O–H groups in total. The molecule has 0 amide bonds. The van der Waals surface area contributed by atoms with E-state index in [4.69, 9.17) is 9.84 Å². The number of ether oxygens (including phenoxy) is 1. The highest BCUT2D eigenvalue weighted by Gasteiger charge is 2.16. The molecule has 2 aromatic carbocycles. The summed E-state index contributed by atoms with van der Waals surface area (Å²) >= 11 is 0. The molecule has 6 nitrogen and oxygen atoms in total. The maximum absolute atomic E-state index is 12.6. The SMILES string of the molecule is CC(C)Oc1ccc(C(=O)c2ccc(O)c(CCC(=O)O)c2)c(O)c1. The largest absolute Gasteiger partial charge is 0.508 e.